The Balaban J connectivity index is 0.000000605. The molecular weight excluding hydrogens is 132 g/mol. The first kappa shape index (κ1) is 5.73. The van der Waals surface area contributed by atoms with E-state index in [1.807, 2.05) is 0 Å². The van der Waals surface area contributed by atoms with Gasteiger partial charge in [-0.25, -0.2) is 4.79 Å². The highest BCUT2D eigenvalue weighted by Crippen LogP contribution is 2.08. The Kier molecular flexibility index (Phi) is 1.14. The van der Waals surface area contributed by atoms with Gasteiger partial charge in [0.05, 0.1) is 18.9 Å². The van der Waals surface area contributed by atoms with E-state index < -0.39 is 0 Å². The summed E-state index contributed by atoms with van der Waals surface area (Å²) < 4.78 is 5.12. The SMILES string of the molecule is O=c1[nH]c2c([nH]1)COCC2.[HH]. The van der Waals surface area contributed by atoms with Crippen LogP contribution < -0.4 is 5.69 Å². The van der Waals surface area contributed by atoms with Gasteiger partial charge in [0.2, 0.25) is 0 Å². The first-order chi connectivity index (χ1) is 4.86. The molecule has 4 heteroatoms. The molecule has 1 aliphatic rings. The fraction of sp³-hybridized carbons (Fsp3) is 0.500. The summed E-state index contributed by atoms with van der Waals surface area (Å²) in [4.78, 5) is 16.1. The maximum absolute atomic E-state index is 10.7. The van der Waals surface area contributed by atoms with E-state index in [1.165, 1.54) is 0 Å². The topological polar surface area (TPSA) is 57.9 Å². The second-order valence-corrected chi connectivity index (χ2v) is 2.34. The second-order valence-electron chi connectivity index (χ2n) is 2.34. The molecular formula is C6H10N2O2. The van der Waals surface area contributed by atoms with Gasteiger partial charge in [0.1, 0.15) is 0 Å². The van der Waals surface area contributed by atoms with E-state index in [2.05, 4.69) is 9.97 Å². The maximum Gasteiger partial charge on any atom is 0.323 e. The minimum Gasteiger partial charge on any atom is -0.375 e. The van der Waals surface area contributed by atoms with Crippen molar-refractivity contribution in [2.75, 3.05) is 6.61 Å². The lowest BCUT2D eigenvalue weighted by Gasteiger charge is -2.09. The highest BCUT2D eigenvalue weighted by molar-refractivity contribution is 5.11. The lowest BCUT2D eigenvalue weighted by Crippen LogP contribution is -2.08. The third kappa shape index (κ3) is 0.769. The standard InChI is InChI=1S/C6H8N2O2.H2/c9-6-7-4-1-2-10-3-5(4)8-6;/h1-3H2,(H2,7,8,9);1H. The van der Waals surface area contributed by atoms with E-state index in [9.17, 15) is 4.79 Å². The monoisotopic (exact) mass is 142 g/mol. The third-order valence-corrected chi connectivity index (χ3v) is 1.64. The number of aromatic amines is 2. The summed E-state index contributed by atoms with van der Waals surface area (Å²) in [6, 6.07) is 0. The highest BCUT2D eigenvalue weighted by atomic mass is 16.5. The van der Waals surface area contributed by atoms with Gasteiger partial charge < -0.3 is 14.7 Å². The lowest BCUT2D eigenvalue weighted by atomic mass is 10.2. The van der Waals surface area contributed by atoms with Crippen molar-refractivity contribution in [1.82, 2.24) is 9.97 Å². The van der Waals surface area contributed by atoms with Crippen LogP contribution >= 0.6 is 0 Å². The highest BCUT2D eigenvalue weighted by Gasteiger charge is 2.11. The fourth-order valence-electron chi connectivity index (χ4n) is 1.14. The number of hydrogen-bond donors (Lipinski definition) is 2. The lowest BCUT2D eigenvalue weighted by molar-refractivity contribution is 0.107. The van der Waals surface area contributed by atoms with E-state index in [0.717, 1.165) is 17.8 Å². The van der Waals surface area contributed by atoms with E-state index in [0.29, 0.717) is 13.2 Å². The molecule has 0 saturated carbocycles. The van der Waals surface area contributed by atoms with Gasteiger partial charge in [0.15, 0.2) is 0 Å². The van der Waals surface area contributed by atoms with Crippen LogP contribution in [0.4, 0.5) is 0 Å². The quantitative estimate of drug-likeness (QED) is 0.536. The Hall–Kier alpha value is -1.03. The molecule has 0 unspecified atom stereocenters. The van der Waals surface area contributed by atoms with Crippen molar-refractivity contribution in [2.45, 2.75) is 13.0 Å². The van der Waals surface area contributed by atoms with Gasteiger partial charge in [-0.05, 0) is 0 Å². The average molecular weight is 142 g/mol. The zero-order valence-corrected chi connectivity index (χ0v) is 5.44. The molecule has 2 rings (SSSR count). The van der Waals surface area contributed by atoms with Crippen molar-refractivity contribution >= 4 is 0 Å². The summed E-state index contributed by atoms with van der Waals surface area (Å²) in [7, 11) is 0. The number of imidazole rings is 1. The summed E-state index contributed by atoms with van der Waals surface area (Å²) in [5.41, 5.74) is 1.77. The van der Waals surface area contributed by atoms with Crippen LogP contribution in [-0.4, -0.2) is 16.6 Å². The maximum atomic E-state index is 10.7. The van der Waals surface area contributed by atoms with Gasteiger partial charge in [-0.1, -0.05) is 0 Å². The number of rotatable bonds is 0. The molecule has 1 aliphatic heterocycles. The minimum atomic E-state index is -0.129. The Morgan fingerprint density at radius 3 is 3.00 bits per heavy atom. The van der Waals surface area contributed by atoms with Crippen molar-refractivity contribution < 1.29 is 6.16 Å². The Morgan fingerprint density at radius 1 is 1.40 bits per heavy atom. The summed E-state index contributed by atoms with van der Waals surface area (Å²) in [5, 5.41) is 0. The van der Waals surface area contributed by atoms with Gasteiger partial charge in [0, 0.05) is 13.5 Å². The normalized spacial score (nSPS) is 16.8. The van der Waals surface area contributed by atoms with E-state index in [4.69, 9.17) is 4.74 Å². The largest absolute Gasteiger partial charge is 0.375 e. The first-order valence-electron chi connectivity index (χ1n) is 3.24. The van der Waals surface area contributed by atoms with Gasteiger partial charge in [0.25, 0.3) is 0 Å². The van der Waals surface area contributed by atoms with Crippen molar-refractivity contribution in [3.63, 3.8) is 0 Å². The number of aromatic nitrogens is 2. The molecule has 10 heavy (non-hydrogen) atoms. The molecule has 0 aromatic carbocycles. The van der Waals surface area contributed by atoms with Crippen LogP contribution in [0.15, 0.2) is 4.79 Å². The van der Waals surface area contributed by atoms with Crippen LogP contribution in [0.25, 0.3) is 0 Å². The Morgan fingerprint density at radius 2 is 2.20 bits per heavy atom. The second kappa shape index (κ2) is 1.98. The summed E-state index contributed by atoms with van der Waals surface area (Å²) in [5.74, 6) is 0. The summed E-state index contributed by atoms with van der Waals surface area (Å²) in [6.07, 6.45) is 0.814. The van der Waals surface area contributed by atoms with E-state index in [1.54, 1.807) is 0 Å². The third-order valence-electron chi connectivity index (χ3n) is 1.64. The predicted molar refractivity (Wildman–Crippen MR) is 36.9 cm³/mol. The number of fused-ring (bicyclic) bond motifs is 1. The average Bonchev–Trinajstić information content (AvgIpc) is 2.27. The molecule has 0 radical (unpaired) electrons. The molecule has 2 heterocycles. The fourth-order valence-corrected chi connectivity index (χ4v) is 1.14. The van der Waals surface area contributed by atoms with Crippen LogP contribution in [0, 0.1) is 0 Å². The van der Waals surface area contributed by atoms with Crippen LogP contribution in [0.2, 0.25) is 0 Å². The van der Waals surface area contributed by atoms with Crippen molar-refractivity contribution in [3.05, 3.63) is 21.9 Å². The molecule has 2 N–H and O–H groups in total. The van der Waals surface area contributed by atoms with E-state index in [-0.39, 0.29) is 7.12 Å². The molecule has 0 atom stereocenters. The predicted octanol–water partition coefficient (Wildman–Crippen LogP) is 0.0217. The van der Waals surface area contributed by atoms with Crippen LogP contribution in [0.1, 0.15) is 12.8 Å². The molecule has 0 bridgehead atoms. The van der Waals surface area contributed by atoms with Crippen LogP contribution in [0.3, 0.4) is 0 Å². The summed E-state index contributed by atoms with van der Waals surface area (Å²) in [6.45, 7) is 1.24. The van der Waals surface area contributed by atoms with Crippen molar-refractivity contribution in [1.29, 1.82) is 0 Å². The molecule has 0 fully saturated rings. The molecule has 1 aromatic rings. The van der Waals surface area contributed by atoms with Crippen LogP contribution in [0.5, 0.6) is 0 Å². The number of nitrogens with one attached hydrogen (secondary N) is 2. The smallest absolute Gasteiger partial charge is 0.323 e. The molecule has 1 aromatic heterocycles. The zero-order chi connectivity index (χ0) is 6.97. The molecule has 4 nitrogen and oxygen atoms in total. The van der Waals surface area contributed by atoms with Gasteiger partial charge >= 0.3 is 5.69 Å². The molecule has 0 saturated heterocycles. The number of ether oxygens (including phenoxy) is 1. The van der Waals surface area contributed by atoms with Crippen molar-refractivity contribution in [2.24, 2.45) is 0 Å². The molecule has 56 valence electrons. The van der Waals surface area contributed by atoms with Gasteiger partial charge in [-0.15, -0.1) is 0 Å². The van der Waals surface area contributed by atoms with Crippen molar-refractivity contribution in [3.8, 4) is 0 Å². The minimum absolute atomic E-state index is 0. The van der Waals surface area contributed by atoms with Crippen LogP contribution in [-0.2, 0) is 17.8 Å². The number of H-pyrrole nitrogens is 2. The molecule has 0 spiro atoms. The Labute approximate surface area is 58.7 Å². The van der Waals surface area contributed by atoms with Gasteiger partial charge in [-0.2, -0.15) is 0 Å². The molecule has 0 amide bonds. The Bertz CT molecular complexity index is 265. The van der Waals surface area contributed by atoms with Gasteiger partial charge in [-0.3, -0.25) is 0 Å². The summed E-state index contributed by atoms with van der Waals surface area (Å²) >= 11 is 0. The van der Waals surface area contributed by atoms with E-state index >= 15 is 0 Å². The first-order valence-corrected chi connectivity index (χ1v) is 3.24. The number of hydrogen-bond acceptors (Lipinski definition) is 2. The molecule has 0 aliphatic carbocycles. The zero-order valence-electron chi connectivity index (χ0n) is 5.44.